The van der Waals surface area contributed by atoms with Crippen molar-refractivity contribution >= 4 is 23.4 Å². The van der Waals surface area contributed by atoms with Crippen molar-refractivity contribution in [3.05, 3.63) is 66.3 Å². The SMILES string of the molecule is COc1ccc(NC(=O)Cc2nnc(SCc3nnc(-c4ccccc4)o3)n2C)cc1. The number of amides is 1. The van der Waals surface area contributed by atoms with Gasteiger partial charge in [-0.3, -0.25) is 4.79 Å². The van der Waals surface area contributed by atoms with Gasteiger partial charge < -0.3 is 19.0 Å². The van der Waals surface area contributed by atoms with Crippen molar-refractivity contribution in [2.45, 2.75) is 17.3 Å². The second kappa shape index (κ2) is 9.43. The summed E-state index contributed by atoms with van der Waals surface area (Å²) in [6, 6.07) is 16.7. The Hall–Kier alpha value is -3.66. The number of hydrogen-bond donors (Lipinski definition) is 1. The lowest BCUT2D eigenvalue weighted by Crippen LogP contribution is -2.17. The Kier molecular flexibility index (Phi) is 6.27. The molecule has 0 atom stereocenters. The molecule has 31 heavy (non-hydrogen) atoms. The maximum absolute atomic E-state index is 12.4. The van der Waals surface area contributed by atoms with E-state index in [2.05, 4.69) is 25.7 Å². The summed E-state index contributed by atoms with van der Waals surface area (Å²) in [7, 11) is 3.42. The zero-order valence-corrected chi connectivity index (χ0v) is 17.8. The minimum atomic E-state index is -0.179. The number of carbonyl (C=O) groups excluding carboxylic acids is 1. The summed E-state index contributed by atoms with van der Waals surface area (Å²) < 4.78 is 12.6. The van der Waals surface area contributed by atoms with Gasteiger partial charge in [0, 0.05) is 18.3 Å². The number of carbonyl (C=O) groups is 1. The van der Waals surface area contributed by atoms with Gasteiger partial charge in [0.15, 0.2) is 5.16 Å². The maximum Gasteiger partial charge on any atom is 0.247 e. The van der Waals surface area contributed by atoms with Gasteiger partial charge >= 0.3 is 0 Å². The molecule has 0 aliphatic heterocycles. The molecule has 1 N–H and O–H groups in total. The number of hydrogen-bond acceptors (Lipinski definition) is 8. The number of aromatic nitrogens is 5. The highest BCUT2D eigenvalue weighted by Gasteiger charge is 2.15. The van der Waals surface area contributed by atoms with Crippen LogP contribution in [0.15, 0.2) is 64.2 Å². The maximum atomic E-state index is 12.4. The van der Waals surface area contributed by atoms with Crippen LogP contribution in [-0.4, -0.2) is 38.0 Å². The molecule has 10 heteroatoms. The van der Waals surface area contributed by atoms with Gasteiger partial charge in [0.2, 0.25) is 17.7 Å². The van der Waals surface area contributed by atoms with Crippen LogP contribution in [0, 0.1) is 0 Å². The van der Waals surface area contributed by atoms with E-state index in [1.165, 1.54) is 11.8 Å². The average Bonchev–Trinajstić information content (AvgIpc) is 3.41. The first-order chi connectivity index (χ1) is 15.1. The third-order valence-electron chi connectivity index (χ3n) is 4.43. The van der Waals surface area contributed by atoms with Gasteiger partial charge in [-0.15, -0.1) is 20.4 Å². The zero-order valence-electron chi connectivity index (χ0n) is 17.0. The van der Waals surface area contributed by atoms with Crippen LogP contribution in [0.3, 0.4) is 0 Å². The number of thioether (sulfide) groups is 1. The molecule has 0 saturated carbocycles. The van der Waals surface area contributed by atoms with E-state index >= 15 is 0 Å². The fourth-order valence-electron chi connectivity index (χ4n) is 2.78. The quantitative estimate of drug-likeness (QED) is 0.419. The monoisotopic (exact) mass is 436 g/mol. The van der Waals surface area contributed by atoms with Crippen molar-refractivity contribution in [3.8, 4) is 17.2 Å². The molecule has 9 nitrogen and oxygen atoms in total. The standard InChI is InChI=1S/C21H20N6O3S/c1-27-17(12-18(28)22-15-8-10-16(29-2)11-9-15)23-26-21(27)31-13-19-24-25-20(30-19)14-6-4-3-5-7-14/h3-11H,12-13H2,1-2H3,(H,22,28). The lowest BCUT2D eigenvalue weighted by Gasteiger charge is -2.06. The lowest BCUT2D eigenvalue weighted by atomic mass is 10.2. The first-order valence-corrected chi connectivity index (χ1v) is 10.4. The normalized spacial score (nSPS) is 10.8. The highest BCUT2D eigenvalue weighted by Crippen LogP contribution is 2.23. The summed E-state index contributed by atoms with van der Waals surface area (Å²) in [6.07, 6.45) is 0.106. The van der Waals surface area contributed by atoms with Crippen LogP contribution >= 0.6 is 11.8 Å². The molecular weight excluding hydrogens is 416 g/mol. The highest BCUT2D eigenvalue weighted by molar-refractivity contribution is 7.98. The molecule has 0 unspecified atom stereocenters. The summed E-state index contributed by atoms with van der Waals surface area (Å²) in [5, 5.41) is 20.0. The van der Waals surface area contributed by atoms with Crippen LogP contribution in [0.1, 0.15) is 11.7 Å². The Balaban J connectivity index is 1.33. The predicted molar refractivity (Wildman–Crippen MR) is 116 cm³/mol. The van der Waals surface area contributed by atoms with E-state index in [-0.39, 0.29) is 12.3 Å². The number of ether oxygens (including phenoxy) is 1. The van der Waals surface area contributed by atoms with Gasteiger partial charge in [-0.2, -0.15) is 0 Å². The predicted octanol–water partition coefficient (Wildman–Crippen LogP) is 3.35. The molecule has 1 amide bonds. The molecule has 2 heterocycles. The minimum Gasteiger partial charge on any atom is -0.497 e. The molecular formula is C21H20N6O3S. The van der Waals surface area contributed by atoms with E-state index in [9.17, 15) is 4.79 Å². The van der Waals surface area contributed by atoms with E-state index in [0.29, 0.717) is 34.2 Å². The Morgan fingerprint density at radius 1 is 1.06 bits per heavy atom. The summed E-state index contributed by atoms with van der Waals surface area (Å²) in [4.78, 5) is 12.4. The highest BCUT2D eigenvalue weighted by atomic mass is 32.2. The van der Waals surface area contributed by atoms with E-state index in [0.717, 1.165) is 11.3 Å². The topological polar surface area (TPSA) is 108 Å². The molecule has 4 aromatic rings. The third kappa shape index (κ3) is 5.10. The van der Waals surface area contributed by atoms with E-state index in [1.54, 1.807) is 35.9 Å². The molecule has 0 aliphatic carbocycles. The van der Waals surface area contributed by atoms with Gasteiger partial charge in [-0.1, -0.05) is 30.0 Å². The van der Waals surface area contributed by atoms with Gasteiger partial charge in [0.25, 0.3) is 0 Å². The third-order valence-corrected chi connectivity index (χ3v) is 5.43. The Morgan fingerprint density at radius 3 is 2.58 bits per heavy atom. The van der Waals surface area contributed by atoms with Crippen LogP contribution < -0.4 is 10.1 Å². The van der Waals surface area contributed by atoms with Crippen LogP contribution in [0.4, 0.5) is 5.69 Å². The largest absolute Gasteiger partial charge is 0.497 e. The van der Waals surface area contributed by atoms with Crippen molar-refractivity contribution in [1.82, 2.24) is 25.0 Å². The van der Waals surface area contributed by atoms with Crippen molar-refractivity contribution in [1.29, 1.82) is 0 Å². The van der Waals surface area contributed by atoms with Gasteiger partial charge in [0.1, 0.15) is 11.6 Å². The van der Waals surface area contributed by atoms with Crippen molar-refractivity contribution in [2.75, 3.05) is 12.4 Å². The minimum absolute atomic E-state index is 0.106. The molecule has 0 spiro atoms. The summed E-state index contributed by atoms with van der Waals surface area (Å²) in [5.74, 6) is 2.52. The van der Waals surface area contributed by atoms with Crippen LogP contribution in [0.25, 0.3) is 11.5 Å². The summed E-state index contributed by atoms with van der Waals surface area (Å²) in [5.41, 5.74) is 1.56. The van der Waals surface area contributed by atoms with Crippen LogP contribution in [0.5, 0.6) is 5.75 Å². The van der Waals surface area contributed by atoms with Gasteiger partial charge in [0.05, 0.1) is 19.3 Å². The fraction of sp³-hybridized carbons (Fsp3) is 0.190. The Labute approximate surface area is 182 Å². The average molecular weight is 436 g/mol. The van der Waals surface area contributed by atoms with E-state index in [4.69, 9.17) is 9.15 Å². The summed E-state index contributed by atoms with van der Waals surface area (Å²) >= 11 is 1.41. The molecule has 4 rings (SSSR count). The zero-order chi connectivity index (χ0) is 21.6. The smallest absolute Gasteiger partial charge is 0.247 e. The molecule has 0 fully saturated rings. The Morgan fingerprint density at radius 2 is 1.84 bits per heavy atom. The molecule has 0 radical (unpaired) electrons. The number of nitrogens with one attached hydrogen (secondary N) is 1. The van der Waals surface area contributed by atoms with Crippen LogP contribution in [-0.2, 0) is 24.0 Å². The van der Waals surface area contributed by atoms with Crippen molar-refractivity contribution in [3.63, 3.8) is 0 Å². The van der Waals surface area contributed by atoms with Crippen molar-refractivity contribution < 1.29 is 13.9 Å². The second-order valence-electron chi connectivity index (χ2n) is 6.57. The van der Waals surface area contributed by atoms with E-state index < -0.39 is 0 Å². The second-order valence-corrected chi connectivity index (χ2v) is 7.51. The van der Waals surface area contributed by atoms with Crippen molar-refractivity contribution in [2.24, 2.45) is 7.05 Å². The lowest BCUT2D eigenvalue weighted by molar-refractivity contribution is -0.115. The van der Waals surface area contributed by atoms with Gasteiger partial charge in [-0.25, -0.2) is 0 Å². The van der Waals surface area contributed by atoms with Crippen LogP contribution in [0.2, 0.25) is 0 Å². The molecule has 0 bridgehead atoms. The van der Waals surface area contributed by atoms with E-state index in [1.807, 2.05) is 37.4 Å². The Bertz CT molecular complexity index is 1160. The summed E-state index contributed by atoms with van der Waals surface area (Å²) in [6.45, 7) is 0. The molecule has 158 valence electrons. The molecule has 2 aromatic heterocycles. The first kappa shape index (κ1) is 20.6. The number of benzene rings is 2. The molecule has 0 aliphatic rings. The molecule has 2 aromatic carbocycles. The number of anilines is 1. The fourth-order valence-corrected chi connectivity index (χ4v) is 3.55. The molecule has 0 saturated heterocycles. The number of nitrogens with zero attached hydrogens (tertiary/aromatic N) is 5. The number of methoxy groups -OCH3 is 1. The first-order valence-electron chi connectivity index (χ1n) is 9.45. The number of rotatable bonds is 8. The van der Waals surface area contributed by atoms with Gasteiger partial charge in [-0.05, 0) is 36.4 Å².